The van der Waals surface area contributed by atoms with Crippen molar-refractivity contribution in [3.8, 4) is 6.07 Å². The second-order valence-electron chi connectivity index (χ2n) is 5.95. The minimum absolute atomic E-state index is 0.689. The highest BCUT2D eigenvalue weighted by molar-refractivity contribution is 5.77. The molecule has 0 atom stereocenters. The zero-order valence-corrected chi connectivity index (χ0v) is 12.1. The average molecular weight is 267 g/mol. The van der Waals surface area contributed by atoms with Gasteiger partial charge in [0, 0.05) is 13.5 Å². The first-order chi connectivity index (χ1) is 9.78. The molecule has 1 saturated carbocycles. The Morgan fingerprint density at radius 2 is 2.10 bits per heavy atom. The molecule has 0 N–H and O–H groups in total. The van der Waals surface area contributed by atoms with Crippen molar-refractivity contribution in [2.45, 2.75) is 44.9 Å². The van der Waals surface area contributed by atoms with Crippen LogP contribution >= 0.6 is 0 Å². The van der Waals surface area contributed by atoms with Gasteiger partial charge in [0.05, 0.1) is 22.7 Å². The summed E-state index contributed by atoms with van der Waals surface area (Å²) < 4.78 is 2.18. The number of fused-ring (bicyclic) bond motifs is 1. The van der Waals surface area contributed by atoms with E-state index in [1.54, 1.807) is 0 Å². The van der Waals surface area contributed by atoms with Crippen molar-refractivity contribution in [3.63, 3.8) is 0 Å². The normalized spacial score (nSPS) is 16.4. The number of rotatable bonds is 3. The molecule has 0 bridgehead atoms. The number of hydrogen-bond donors (Lipinski definition) is 0. The molecule has 1 aromatic heterocycles. The maximum Gasteiger partial charge on any atom is 0.109 e. The molecular weight excluding hydrogens is 246 g/mol. The maximum absolute atomic E-state index is 8.96. The van der Waals surface area contributed by atoms with Gasteiger partial charge in [0.25, 0.3) is 0 Å². The van der Waals surface area contributed by atoms with E-state index < -0.39 is 0 Å². The van der Waals surface area contributed by atoms with Crippen LogP contribution in [0.2, 0.25) is 0 Å². The Hall–Kier alpha value is -1.82. The molecule has 1 aliphatic carbocycles. The standard InChI is InChI=1S/C17H21N3/c1-20-16-9-7-14(12-18)11-15(16)19-17(20)10-8-13-5-3-2-4-6-13/h7,9,11,13H,2-6,8,10H2,1H3. The number of nitriles is 1. The minimum atomic E-state index is 0.689. The molecule has 20 heavy (non-hydrogen) atoms. The Kier molecular flexibility index (Phi) is 3.73. The van der Waals surface area contributed by atoms with Crippen molar-refractivity contribution in [1.82, 2.24) is 9.55 Å². The number of imidazole rings is 1. The Labute approximate surface area is 120 Å². The molecule has 0 aliphatic heterocycles. The van der Waals surface area contributed by atoms with Gasteiger partial charge in [-0.1, -0.05) is 32.1 Å². The van der Waals surface area contributed by atoms with E-state index in [1.807, 2.05) is 18.2 Å². The Morgan fingerprint density at radius 1 is 1.30 bits per heavy atom. The fraction of sp³-hybridized carbons (Fsp3) is 0.529. The Morgan fingerprint density at radius 3 is 2.85 bits per heavy atom. The SMILES string of the molecule is Cn1c(CCC2CCCCC2)nc2cc(C#N)ccc21. The van der Waals surface area contributed by atoms with Crippen LogP contribution in [0.25, 0.3) is 11.0 Å². The van der Waals surface area contributed by atoms with Gasteiger partial charge in [-0.25, -0.2) is 4.98 Å². The molecule has 0 spiro atoms. The van der Waals surface area contributed by atoms with Gasteiger partial charge >= 0.3 is 0 Å². The van der Waals surface area contributed by atoms with E-state index in [2.05, 4.69) is 17.7 Å². The predicted octanol–water partition coefficient (Wildman–Crippen LogP) is 3.96. The number of aryl methyl sites for hydroxylation is 2. The van der Waals surface area contributed by atoms with Crippen LogP contribution in [0.4, 0.5) is 0 Å². The summed E-state index contributed by atoms with van der Waals surface area (Å²) in [5.41, 5.74) is 2.77. The predicted molar refractivity (Wildman–Crippen MR) is 80.3 cm³/mol. The first kappa shape index (κ1) is 13.2. The second-order valence-corrected chi connectivity index (χ2v) is 5.95. The van der Waals surface area contributed by atoms with E-state index in [9.17, 15) is 0 Å². The van der Waals surface area contributed by atoms with Crippen LogP contribution in [0.15, 0.2) is 18.2 Å². The molecule has 0 radical (unpaired) electrons. The van der Waals surface area contributed by atoms with Crippen molar-refractivity contribution < 1.29 is 0 Å². The molecule has 1 aliphatic rings. The third-order valence-corrected chi connectivity index (χ3v) is 4.60. The van der Waals surface area contributed by atoms with Gasteiger partial charge in [-0.3, -0.25) is 0 Å². The van der Waals surface area contributed by atoms with Gasteiger partial charge in [0.1, 0.15) is 5.82 Å². The summed E-state index contributed by atoms with van der Waals surface area (Å²) in [6.45, 7) is 0. The van der Waals surface area contributed by atoms with Crippen molar-refractivity contribution in [2.24, 2.45) is 13.0 Å². The summed E-state index contributed by atoms with van der Waals surface area (Å²) >= 11 is 0. The lowest BCUT2D eigenvalue weighted by molar-refractivity contribution is 0.336. The monoisotopic (exact) mass is 267 g/mol. The van der Waals surface area contributed by atoms with Gasteiger partial charge in [-0.2, -0.15) is 5.26 Å². The third-order valence-electron chi connectivity index (χ3n) is 4.60. The van der Waals surface area contributed by atoms with E-state index in [0.717, 1.165) is 29.2 Å². The zero-order valence-electron chi connectivity index (χ0n) is 12.1. The second kappa shape index (κ2) is 5.66. The van der Waals surface area contributed by atoms with Crippen LogP contribution in [0, 0.1) is 17.2 Å². The van der Waals surface area contributed by atoms with Gasteiger partial charge in [-0.05, 0) is 30.5 Å². The number of benzene rings is 1. The summed E-state index contributed by atoms with van der Waals surface area (Å²) in [6, 6.07) is 7.95. The fourth-order valence-corrected chi connectivity index (χ4v) is 3.35. The molecule has 1 heterocycles. The van der Waals surface area contributed by atoms with Crippen LogP contribution in [-0.2, 0) is 13.5 Å². The largest absolute Gasteiger partial charge is 0.331 e. The molecule has 0 amide bonds. The summed E-state index contributed by atoms with van der Waals surface area (Å²) in [4.78, 5) is 4.72. The molecule has 0 saturated heterocycles. The fourth-order valence-electron chi connectivity index (χ4n) is 3.35. The Bertz CT molecular complexity index is 642. The Balaban J connectivity index is 1.77. The third kappa shape index (κ3) is 2.56. The highest BCUT2D eigenvalue weighted by atomic mass is 15.1. The zero-order chi connectivity index (χ0) is 13.9. The van der Waals surface area contributed by atoms with E-state index >= 15 is 0 Å². The molecular formula is C17H21N3. The van der Waals surface area contributed by atoms with Crippen molar-refractivity contribution in [3.05, 3.63) is 29.6 Å². The molecule has 1 fully saturated rings. The lowest BCUT2D eigenvalue weighted by atomic mass is 9.86. The van der Waals surface area contributed by atoms with Crippen molar-refractivity contribution in [2.75, 3.05) is 0 Å². The molecule has 3 rings (SSSR count). The summed E-state index contributed by atoms with van der Waals surface area (Å²) in [6.07, 6.45) is 9.31. The smallest absolute Gasteiger partial charge is 0.109 e. The van der Waals surface area contributed by atoms with Crippen LogP contribution in [0.1, 0.15) is 49.9 Å². The topological polar surface area (TPSA) is 41.6 Å². The molecule has 3 nitrogen and oxygen atoms in total. The van der Waals surface area contributed by atoms with Gasteiger partial charge in [-0.15, -0.1) is 0 Å². The number of aromatic nitrogens is 2. The first-order valence-electron chi connectivity index (χ1n) is 7.63. The summed E-state index contributed by atoms with van der Waals surface area (Å²) in [5.74, 6) is 2.04. The highest BCUT2D eigenvalue weighted by Crippen LogP contribution is 2.28. The molecule has 1 aromatic carbocycles. The van der Waals surface area contributed by atoms with Gasteiger partial charge < -0.3 is 4.57 Å². The molecule has 2 aromatic rings. The lowest BCUT2D eigenvalue weighted by Gasteiger charge is -2.21. The maximum atomic E-state index is 8.96. The summed E-state index contributed by atoms with van der Waals surface area (Å²) in [7, 11) is 2.08. The average Bonchev–Trinajstić information content (AvgIpc) is 2.82. The molecule has 104 valence electrons. The van der Waals surface area contributed by atoms with E-state index in [0.29, 0.717) is 5.56 Å². The van der Waals surface area contributed by atoms with Crippen molar-refractivity contribution in [1.29, 1.82) is 5.26 Å². The van der Waals surface area contributed by atoms with Crippen LogP contribution in [0.3, 0.4) is 0 Å². The molecule has 3 heteroatoms. The van der Waals surface area contributed by atoms with E-state index in [4.69, 9.17) is 10.2 Å². The van der Waals surface area contributed by atoms with Crippen LogP contribution in [0.5, 0.6) is 0 Å². The van der Waals surface area contributed by atoms with Crippen molar-refractivity contribution >= 4 is 11.0 Å². The number of nitrogens with zero attached hydrogens (tertiary/aromatic N) is 3. The lowest BCUT2D eigenvalue weighted by Crippen LogP contribution is -2.09. The van der Waals surface area contributed by atoms with Crippen LogP contribution in [-0.4, -0.2) is 9.55 Å². The molecule has 0 unspecified atom stereocenters. The van der Waals surface area contributed by atoms with E-state index in [1.165, 1.54) is 38.5 Å². The van der Waals surface area contributed by atoms with Gasteiger partial charge in [0.15, 0.2) is 0 Å². The van der Waals surface area contributed by atoms with E-state index in [-0.39, 0.29) is 0 Å². The van der Waals surface area contributed by atoms with Crippen LogP contribution < -0.4 is 0 Å². The number of hydrogen-bond acceptors (Lipinski definition) is 2. The summed E-state index contributed by atoms with van der Waals surface area (Å²) in [5, 5.41) is 8.96. The van der Waals surface area contributed by atoms with Gasteiger partial charge in [0.2, 0.25) is 0 Å². The quantitative estimate of drug-likeness (QED) is 0.844. The highest BCUT2D eigenvalue weighted by Gasteiger charge is 2.15. The minimum Gasteiger partial charge on any atom is -0.331 e. The first-order valence-corrected chi connectivity index (χ1v) is 7.63.